The van der Waals surface area contributed by atoms with Gasteiger partial charge in [-0.15, -0.1) is 0 Å². The molecule has 4 unspecified atom stereocenters. The molecule has 3 aliphatic rings. The summed E-state index contributed by atoms with van der Waals surface area (Å²) in [5.74, 6) is -4.06. The van der Waals surface area contributed by atoms with Crippen molar-refractivity contribution in [2.24, 2.45) is 23.5 Å². The maximum atomic E-state index is 13.2. The van der Waals surface area contributed by atoms with E-state index >= 15 is 0 Å². The third-order valence-corrected chi connectivity index (χ3v) is 13.2. The number of fused-ring (bicyclic) bond motifs is 2. The van der Waals surface area contributed by atoms with Crippen molar-refractivity contribution in [1.82, 2.24) is 0 Å². The van der Waals surface area contributed by atoms with Gasteiger partial charge in [0, 0.05) is 50.9 Å². The summed E-state index contributed by atoms with van der Waals surface area (Å²) in [6, 6.07) is -0.906. The van der Waals surface area contributed by atoms with E-state index in [1.807, 2.05) is 33.8 Å². The lowest BCUT2D eigenvalue weighted by Crippen LogP contribution is -2.61. The molecule has 420 valence electrons. The molecule has 74 heavy (non-hydrogen) atoms. The predicted molar refractivity (Wildman–Crippen MR) is 274 cm³/mol. The third-order valence-electron chi connectivity index (χ3n) is 13.2. The van der Waals surface area contributed by atoms with E-state index in [1.54, 1.807) is 85.9 Å². The number of ketones is 2. The lowest BCUT2D eigenvalue weighted by molar-refractivity contribution is -0.318. The summed E-state index contributed by atoms with van der Waals surface area (Å²) < 4.78 is 23.6. The smallest absolute Gasteiger partial charge is 0.308 e. The molecule has 0 spiro atoms. The standard InChI is InChI=1S/C55H87NO18/c1-33(2)22-38(58)23-37(57)21-20-35(4)53-34(3)18-16-14-12-10-8-6-7-9-11-13-15-17-19-45(72-54-52(69)51(68)49(56)36(5)71-54)30-47-50(67)46(65)32-55(70,74-47)31-44(64)28-42(62)26-40(60)24-39(59)25-41(61)27-43(63)29-48(66)73-53/h6-19,33-37,39-40,42-47,49-54,57,59-60,62-65,67-70H,20-32,56H2,1-5H3/b7-6-,10-8-,11-9+,14-12+,15-13+,18-16+,19-17+/t34-,35?,36+,37?,39+,40-,42-,43+,44-,45-,46-,47?,49+,50+,51-,52-,53-,54-,55?/m0/s1. The van der Waals surface area contributed by atoms with Gasteiger partial charge in [-0.1, -0.05) is 113 Å². The van der Waals surface area contributed by atoms with Crippen LogP contribution in [0, 0.1) is 17.8 Å². The van der Waals surface area contributed by atoms with Gasteiger partial charge < -0.3 is 80.9 Å². The number of hydrogen-bond acceptors (Lipinski definition) is 19. The van der Waals surface area contributed by atoms with Crippen LogP contribution >= 0.6 is 0 Å². The van der Waals surface area contributed by atoms with E-state index in [4.69, 9.17) is 24.7 Å². The van der Waals surface area contributed by atoms with Crippen LogP contribution in [0.3, 0.4) is 0 Å². The first-order valence-electron chi connectivity index (χ1n) is 26.0. The first-order valence-corrected chi connectivity index (χ1v) is 26.0. The van der Waals surface area contributed by atoms with Crippen LogP contribution in [0.1, 0.15) is 118 Å². The van der Waals surface area contributed by atoms with E-state index in [1.165, 1.54) is 0 Å². The van der Waals surface area contributed by atoms with Gasteiger partial charge in [0.1, 0.15) is 36.0 Å². The Kier molecular flexibility index (Phi) is 28.7. The number of esters is 1. The SMILES string of the molecule is CC(C)CC(=O)CC(O)CCC(C)[C@H]1OC(=O)C[C@H](O)CC(=O)C[C@H](O)C[C@H](O)C[C@H](O)C[C@H](O)CC2(O)C[C@H](O)[C@@H](O)C(C[C@@H](O[C@@H]3O[C@H](C)[C@@H](N)[C@H](O)[C@@H]3O)/C=C/C=C/C=C/C=C\C=C/C=C/C=C/[C@@H]1C)O2. The zero-order valence-electron chi connectivity index (χ0n) is 43.6. The number of carbonyl (C=O) groups is 3. The van der Waals surface area contributed by atoms with E-state index in [0.717, 1.165) is 0 Å². The topological polar surface area (TPSA) is 337 Å². The van der Waals surface area contributed by atoms with Crippen molar-refractivity contribution < 1.29 is 89.5 Å². The number of hydrogen-bond donors (Lipinski definition) is 12. The molecule has 3 aliphatic heterocycles. The molecule has 0 amide bonds. The molecule has 2 fully saturated rings. The fraction of sp³-hybridized carbons (Fsp3) is 0.691. The zero-order chi connectivity index (χ0) is 55.1. The minimum Gasteiger partial charge on any atom is -0.461 e. The van der Waals surface area contributed by atoms with Crippen LogP contribution in [0.25, 0.3) is 0 Å². The maximum absolute atomic E-state index is 13.2. The van der Waals surface area contributed by atoms with Crippen LogP contribution < -0.4 is 5.73 Å². The third kappa shape index (κ3) is 24.2. The highest BCUT2D eigenvalue weighted by atomic mass is 16.7. The number of carbonyl (C=O) groups excluding carboxylic acids is 3. The second-order valence-electron chi connectivity index (χ2n) is 20.9. The second kappa shape index (κ2) is 32.9. The van der Waals surface area contributed by atoms with E-state index in [0.29, 0.717) is 19.3 Å². The van der Waals surface area contributed by atoms with Crippen LogP contribution in [0.2, 0.25) is 0 Å². The van der Waals surface area contributed by atoms with E-state index in [2.05, 4.69) is 0 Å². The van der Waals surface area contributed by atoms with Crippen molar-refractivity contribution in [3.63, 3.8) is 0 Å². The van der Waals surface area contributed by atoms with Crippen LogP contribution in [0.4, 0.5) is 0 Å². The largest absolute Gasteiger partial charge is 0.461 e. The highest BCUT2D eigenvalue weighted by Crippen LogP contribution is 2.35. The normalized spacial score (nSPS) is 40.4. The predicted octanol–water partition coefficient (Wildman–Crippen LogP) is 2.10. The van der Waals surface area contributed by atoms with Crippen molar-refractivity contribution in [3.8, 4) is 0 Å². The van der Waals surface area contributed by atoms with Crippen molar-refractivity contribution in [2.45, 2.75) is 222 Å². The Hall–Kier alpha value is -3.61. The fourth-order valence-electron chi connectivity index (χ4n) is 9.34. The van der Waals surface area contributed by atoms with Gasteiger partial charge in [-0.2, -0.15) is 0 Å². The van der Waals surface area contributed by atoms with Gasteiger partial charge in [-0.05, 0) is 50.9 Å². The number of aliphatic hydroxyl groups is 11. The first-order chi connectivity index (χ1) is 34.9. The number of Topliss-reactive ketones (excluding diaryl/α,β-unsaturated/α-hetero) is 2. The van der Waals surface area contributed by atoms with Gasteiger partial charge in [-0.25, -0.2) is 0 Å². The molecular formula is C55H87NO18. The summed E-state index contributed by atoms with van der Waals surface area (Å²) in [6.07, 6.45) is 2.72. The average molecular weight is 1050 g/mol. The monoisotopic (exact) mass is 1050 g/mol. The molecule has 0 aromatic carbocycles. The summed E-state index contributed by atoms with van der Waals surface area (Å²) in [5.41, 5.74) is 5.97. The molecule has 2 bridgehead atoms. The number of nitrogens with two attached hydrogens (primary N) is 1. The Labute approximate surface area is 436 Å². The highest BCUT2D eigenvalue weighted by Gasteiger charge is 2.48. The van der Waals surface area contributed by atoms with E-state index in [9.17, 15) is 70.6 Å². The minimum atomic E-state index is -2.22. The molecule has 0 radical (unpaired) electrons. The first kappa shape index (κ1) is 64.7. The van der Waals surface area contributed by atoms with Crippen molar-refractivity contribution in [1.29, 1.82) is 0 Å². The summed E-state index contributed by atoms with van der Waals surface area (Å²) in [6.45, 7) is 9.19. The number of allylic oxidation sites excluding steroid dienone is 12. The Balaban J connectivity index is 1.84. The van der Waals surface area contributed by atoms with Gasteiger partial charge in [-0.3, -0.25) is 14.4 Å². The molecular weight excluding hydrogens is 963 g/mol. The highest BCUT2D eigenvalue weighted by molar-refractivity contribution is 5.80. The molecule has 19 atom stereocenters. The Morgan fingerprint density at radius 2 is 1.22 bits per heavy atom. The molecule has 0 aromatic rings. The number of rotatable bonds is 10. The Bertz CT molecular complexity index is 1900. The maximum Gasteiger partial charge on any atom is 0.308 e. The summed E-state index contributed by atoms with van der Waals surface area (Å²) >= 11 is 0. The lowest BCUT2D eigenvalue weighted by Gasteiger charge is -2.45. The average Bonchev–Trinajstić information content (AvgIpc) is 3.28. The van der Waals surface area contributed by atoms with Gasteiger partial charge in [0.05, 0.1) is 73.5 Å². The van der Waals surface area contributed by atoms with Crippen molar-refractivity contribution in [2.75, 3.05) is 0 Å². The summed E-state index contributed by atoms with van der Waals surface area (Å²) in [4.78, 5) is 38.4. The van der Waals surface area contributed by atoms with Crippen molar-refractivity contribution in [3.05, 3.63) is 85.1 Å². The Morgan fingerprint density at radius 1 is 0.676 bits per heavy atom. The molecule has 19 nitrogen and oxygen atoms in total. The van der Waals surface area contributed by atoms with Gasteiger partial charge >= 0.3 is 5.97 Å². The van der Waals surface area contributed by atoms with Crippen molar-refractivity contribution >= 4 is 17.5 Å². The van der Waals surface area contributed by atoms with Crippen LogP contribution in [-0.2, 0) is 33.3 Å². The van der Waals surface area contributed by atoms with Crippen LogP contribution in [-0.4, -0.2) is 177 Å². The molecule has 0 saturated carbocycles. The number of cyclic esters (lactones) is 1. The van der Waals surface area contributed by atoms with Gasteiger partial charge in [0.2, 0.25) is 0 Å². The molecule has 3 heterocycles. The number of ether oxygens (including phenoxy) is 4. The molecule has 3 rings (SSSR count). The summed E-state index contributed by atoms with van der Waals surface area (Å²) in [7, 11) is 0. The van der Waals surface area contributed by atoms with Gasteiger partial charge in [0.15, 0.2) is 12.1 Å². The molecule has 2 saturated heterocycles. The fourth-order valence-corrected chi connectivity index (χ4v) is 9.34. The minimum absolute atomic E-state index is 0.0258. The quantitative estimate of drug-likeness (QED) is 0.139. The lowest BCUT2D eigenvalue weighted by atomic mass is 9.88. The zero-order valence-corrected chi connectivity index (χ0v) is 43.6. The molecule has 13 N–H and O–H groups in total. The number of aliphatic hydroxyl groups excluding tert-OH is 10. The molecule has 19 heteroatoms. The van der Waals surface area contributed by atoms with E-state index in [-0.39, 0.29) is 49.2 Å². The molecule has 0 aliphatic carbocycles. The molecule has 0 aromatic heterocycles. The second-order valence-corrected chi connectivity index (χ2v) is 20.9. The van der Waals surface area contributed by atoms with Crippen LogP contribution in [0.5, 0.6) is 0 Å². The van der Waals surface area contributed by atoms with Crippen LogP contribution in [0.15, 0.2) is 85.1 Å². The van der Waals surface area contributed by atoms with Gasteiger partial charge in [0.25, 0.3) is 0 Å². The van der Waals surface area contributed by atoms with E-state index < -0.39 is 154 Å². The summed E-state index contributed by atoms with van der Waals surface area (Å²) in [5, 5.41) is 119. The Morgan fingerprint density at radius 3 is 1.81 bits per heavy atom.